The molecule has 1 aliphatic heterocycles. The molecule has 1 fully saturated rings. The van der Waals surface area contributed by atoms with Gasteiger partial charge >= 0.3 is 0 Å². The zero-order valence-corrected chi connectivity index (χ0v) is 15.5. The van der Waals surface area contributed by atoms with Crippen LogP contribution in [0.15, 0.2) is 25.6 Å². The van der Waals surface area contributed by atoms with Gasteiger partial charge in [0.25, 0.3) is 0 Å². The van der Waals surface area contributed by atoms with Crippen LogP contribution in [0.1, 0.15) is 12.8 Å². The summed E-state index contributed by atoms with van der Waals surface area (Å²) in [5, 5.41) is 12.4. The number of carbonyl (C=O) groups is 1. The molecule has 0 atom stereocenters. The number of piperidine rings is 1. The van der Waals surface area contributed by atoms with E-state index in [4.69, 9.17) is 0 Å². The van der Waals surface area contributed by atoms with Gasteiger partial charge in [-0.2, -0.15) is 0 Å². The zero-order valence-electron chi connectivity index (χ0n) is 10.7. The largest absolute Gasteiger partial charge is 0.393 e. The maximum absolute atomic E-state index is 12.1. The number of nitrogens with zero attached hydrogens (tertiary/aromatic N) is 1. The van der Waals surface area contributed by atoms with Gasteiger partial charge in [0.05, 0.1) is 18.3 Å². The minimum absolute atomic E-state index is 0.0508. The molecule has 0 saturated carbocycles. The lowest BCUT2D eigenvalue weighted by molar-refractivity contribution is -0.117. The maximum Gasteiger partial charge on any atom is 0.238 e. The molecular weight excluding hydrogens is 456 g/mol. The van der Waals surface area contributed by atoms with Crippen LogP contribution in [0.4, 0.5) is 5.69 Å². The number of anilines is 1. The van der Waals surface area contributed by atoms with E-state index in [1.165, 1.54) is 0 Å². The molecule has 0 aromatic heterocycles. The van der Waals surface area contributed by atoms with Crippen LogP contribution in [0.2, 0.25) is 0 Å². The second-order valence-electron chi connectivity index (χ2n) is 4.80. The van der Waals surface area contributed by atoms with Crippen LogP contribution in [0.25, 0.3) is 0 Å². The Bertz CT molecular complexity index is 479. The van der Waals surface area contributed by atoms with Crippen molar-refractivity contribution >= 4 is 59.4 Å². The lowest BCUT2D eigenvalue weighted by Gasteiger charge is -2.28. The van der Waals surface area contributed by atoms with Gasteiger partial charge in [-0.15, -0.1) is 0 Å². The third kappa shape index (κ3) is 4.53. The van der Waals surface area contributed by atoms with Crippen LogP contribution in [0, 0.1) is 0 Å². The molecule has 1 aliphatic rings. The number of aliphatic hydroxyl groups excluding tert-OH is 1. The normalized spacial score (nSPS) is 17.2. The summed E-state index contributed by atoms with van der Waals surface area (Å²) in [6.45, 7) is 1.87. The van der Waals surface area contributed by atoms with E-state index in [0.29, 0.717) is 6.54 Å². The van der Waals surface area contributed by atoms with Crippen molar-refractivity contribution in [3.05, 3.63) is 25.6 Å². The Hall–Kier alpha value is 0.0500. The molecular formula is C13H15Br3N2O2. The molecule has 20 heavy (non-hydrogen) atoms. The minimum Gasteiger partial charge on any atom is -0.393 e. The third-order valence-electron chi connectivity index (χ3n) is 3.20. The number of benzene rings is 1. The van der Waals surface area contributed by atoms with Gasteiger partial charge in [-0.05, 0) is 56.8 Å². The third-order valence-corrected chi connectivity index (χ3v) is 4.90. The summed E-state index contributed by atoms with van der Waals surface area (Å²) in [4.78, 5) is 14.1. The quantitative estimate of drug-likeness (QED) is 0.712. The van der Waals surface area contributed by atoms with Crippen molar-refractivity contribution in [2.45, 2.75) is 18.9 Å². The Kier molecular flexibility index (Phi) is 6.04. The van der Waals surface area contributed by atoms with Crippen LogP contribution < -0.4 is 5.32 Å². The molecule has 1 aromatic carbocycles. The van der Waals surface area contributed by atoms with Gasteiger partial charge in [0.15, 0.2) is 0 Å². The number of halogens is 3. The van der Waals surface area contributed by atoms with Crippen molar-refractivity contribution in [3.8, 4) is 0 Å². The first-order valence-electron chi connectivity index (χ1n) is 6.30. The van der Waals surface area contributed by atoms with Crippen molar-refractivity contribution in [1.29, 1.82) is 0 Å². The molecule has 1 saturated heterocycles. The second-order valence-corrected chi connectivity index (χ2v) is 7.42. The van der Waals surface area contributed by atoms with Crippen molar-refractivity contribution in [2.24, 2.45) is 0 Å². The summed E-state index contributed by atoms with van der Waals surface area (Å²) in [5.74, 6) is -0.0508. The van der Waals surface area contributed by atoms with Crippen molar-refractivity contribution in [1.82, 2.24) is 4.90 Å². The molecule has 0 aliphatic carbocycles. The number of carbonyl (C=O) groups excluding carboxylic acids is 1. The van der Waals surface area contributed by atoms with E-state index >= 15 is 0 Å². The fourth-order valence-corrected chi connectivity index (χ4v) is 4.58. The van der Waals surface area contributed by atoms with Crippen LogP contribution in [-0.4, -0.2) is 41.7 Å². The van der Waals surface area contributed by atoms with Gasteiger partial charge in [0.2, 0.25) is 5.91 Å². The molecule has 2 N–H and O–H groups in total. The molecule has 4 nitrogen and oxygen atoms in total. The highest BCUT2D eigenvalue weighted by molar-refractivity contribution is 9.11. The standard InChI is InChI=1S/C13H15Br3N2O2/c14-8-5-10(15)13(11(16)6-8)17-12(20)7-18-3-1-9(19)2-4-18/h5-6,9,19H,1-4,7H2,(H,17,20). The van der Waals surface area contributed by atoms with Gasteiger partial charge < -0.3 is 10.4 Å². The lowest BCUT2D eigenvalue weighted by Crippen LogP contribution is -2.40. The second kappa shape index (κ2) is 7.35. The van der Waals surface area contributed by atoms with Gasteiger partial charge in [0, 0.05) is 26.5 Å². The zero-order chi connectivity index (χ0) is 14.7. The Morgan fingerprint density at radius 3 is 2.35 bits per heavy atom. The topological polar surface area (TPSA) is 52.6 Å². The molecule has 2 rings (SSSR count). The van der Waals surface area contributed by atoms with Crippen LogP contribution in [0.5, 0.6) is 0 Å². The Morgan fingerprint density at radius 2 is 1.80 bits per heavy atom. The summed E-state index contributed by atoms with van der Waals surface area (Å²) in [6.07, 6.45) is 1.25. The minimum atomic E-state index is -0.218. The van der Waals surface area contributed by atoms with Gasteiger partial charge in [-0.1, -0.05) is 15.9 Å². The lowest BCUT2D eigenvalue weighted by atomic mass is 10.1. The molecule has 1 amide bonds. The summed E-state index contributed by atoms with van der Waals surface area (Å²) in [7, 11) is 0. The summed E-state index contributed by atoms with van der Waals surface area (Å²) in [5.41, 5.74) is 0.732. The average molecular weight is 471 g/mol. The Labute approximate surface area is 143 Å². The summed E-state index contributed by atoms with van der Waals surface area (Å²) in [6, 6.07) is 3.77. The van der Waals surface area contributed by atoms with Crippen molar-refractivity contribution in [3.63, 3.8) is 0 Å². The van der Waals surface area contributed by atoms with E-state index in [1.807, 2.05) is 12.1 Å². The molecule has 0 unspecified atom stereocenters. The van der Waals surface area contributed by atoms with Crippen molar-refractivity contribution < 1.29 is 9.90 Å². The molecule has 1 heterocycles. The van der Waals surface area contributed by atoms with Crippen molar-refractivity contribution in [2.75, 3.05) is 25.0 Å². The highest BCUT2D eigenvalue weighted by Crippen LogP contribution is 2.34. The first-order chi connectivity index (χ1) is 9.45. The fraction of sp³-hybridized carbons (Fsp3) is 0.462. The van der Waals surface area contributed by atoms with Crippen LogP contribution >= 0.6 is 47.8 Å². The highest BCUT2D eigenvalue weighted by atomic mass is 79.9. The van der Waals surface area contributed by atoms with E-state index in [1.54, 1.807) is 0 Å². The SMILES string of the molecule is O=C(CN1CCC(O)CC1)Nc1c(Br)cc(Br)cc1Br. The predicted octanol–water partition coefficient (Wildman–Crippen LogP) is 3.37. The Balaban J connectivity index is 1.95. The highest BCUT2D eigenvalue weighted by Gasteiger charge is 2.19. The number of amides is 1. The van der Waals surface area contributed by atoms with Gasteiger partial charge in [-0.25, -0.2) is 0 Å². The first kappa shape index (κ1) is 16.4. The number of rotatable bonds is 3. The van der Waals surface area contributed by atoms with E-state index in [9.17, 15) is 9.90 Å². The summed E-state index contributed by atoms with van der Waals surface area (Å²) >= 11 is 10.3. The maximum atomic E-state index is 12.1. The molecule has 1 aromatic rings. The summed E-state index contributed by atoms with van der Waals surface area (Å²) < 4.78 is 2.57. The average Bonchev–Trinajstić information content (AvgIpc) is 2.36. The number of likely N-dealkylation sites (tertiary alicyclic amines) is 1. The van der Waals surface area contributed by atoms with Gasteiger partial charge in [-0.3, -0.25) is 9.69 Å². The number of nitrogens with one attached hydrogen (secondary N) is 1. The number of hydrogen-bond donors (Lipinski definition) is 2. The van der Waals surface area contributed by atoms with E-state index in [2.05, 4.69) is 58.0 Å². The smallest absolute Gasteiger partial charge is 0.238 e. The van der Waals surface area contributed by atoms with Crippen LogP contribution in [-0.2, 0) is 4.79 Å². The Morgan fingerprint density at radius 1 is 1.25 bits per heavy atom. The fourth-order valence-electron chi connectivity index (χ4n) is 2.12. The molecule has 0 radical (unpaired) electrons. The predicted molar refractivity (Wildman–Crippen MR) is 89.9 cm³/mol. The van der Waals surface area contributed by atoms with Gasteiger partial charge in [0.1, 0.15) is 0 Å². The molecule has 7 heteroatoms. The van der Waals surface area contributed by atoms with E-state index in [-0.39, 0.29) is 12.0 Å². The molecule has 110 valence electrons. The van der Waals surface area contributed by atoms with Crippen LogP contribution in [0.3, 0.4) is 0 Å². The number of hydrogen-bond acceptors (Lipinski definition) is 3. The first-order valence-corrected chi connectivity index (χ1v) is 8.68. The van der Waals surface area contributed by atoms with E-state index in [0.717, 1.165) is 45.0 Å². The number of aliphatic hydroxyl groups is 1. The molecule has 0 spiro atoms. The van der Waals surface area contributed by atoms with E-state index < -0.39 is 0 Å². The monoisotopic (exact) mass is 468 g/mol. The molecule has 0 bridgehead atoms.